The van der Waals surface area contributed by atoms with Crippen LogP contribution in [0, 0.1) is 5.82 Å². The third-order valence-corrected chi connectivity index (χ3v) is 3.49. The van der Waals surface area contributed by atoms with Gasteiger partial charge in [0.2, 0.25) is 5.91 Å². The molecule has 1 fully saturated rings. The number of carboxylic acid groups (broad SMARTS) is 1. The number of carbonyl (C=O) groups is 2. The number of rotatable bonds is 5. The number of amides is 1. The first-order valence-electron chi connectivity index (χ1n) is 6.89. The quantitative estimate of drug-likeness (QED) is 0.871. The van der Waals surface area contributed by atoms with E-state index in [4.69, 9.17) is 9.84 Å². The lowest BCUT2D eigenvalue weighted by Gasteiger charge is -2.20. The molecule has 1 aliphatic heterocycles. The van der Waals surface area contributed by atoms with E-state index in [2.05, 4.69) is 5.32 Å². The Morgan fingerprint density at radius 2 is 2.05 bits per heavy atom. The number of aliphatic carboxylic acids is 1. The van der Waals surface area contributed by atoms with Crippen LogP contribution in [0.4, 0.5) is 4.39 Å². The van der Waals surface area contributed by atoms with E-state index < -0.39 is 23.9 Å². The minimum absolute atomic E-state index is 0.0319. The minimum atomic E-state index is -1.04. The Hall–Kier alpha value is -1.95. The van der Waals surface area contributed by atoms with E-state index in [0.717, 1.165) is 6.42 Å². The molecule has 0 aromatic heterocycles. The summed E-state index contributed by atoms with van der Waals surface area (Å²) in [5.41, 5.74) is 0.554. The summed E-state index contributed by atoms with van der Waals surface area (Å²) in [5.74, 6) is -1.77. The highest BCUT2D eigenvalue weighted by atomic mass is 19.1. The monoisotopic (exact) mass is 295 g/mol. The third kappa shape index (κ3) is 4.26. The van der Waals surface area contributed by atoms with Crippen LogP contribution < -0.4 is 5.32 Å². The zero-order chi connectivity index (χ0) is 15.4. The zero-order valence-electron chi connectivity index (χ0n) is 11.7. The molecule has 1 aromatic carbocycles. The van der Waals surface area contributed by atoms with Crippen molar-refractivity contribution in [2.24, 2.45) is 0 Å². The molecule has 3 unspecified atom stereocenters. The summed E-state index contributed by atoms with van der Waals surface area (Å²) >= 11 is 0. The minimum Gasteiger partial charge on any atom is -0.481 e. The Morgan fingerprint density at radius 3 is 2.57 bits per heavy atom. The molecule has 1 saturated heterocycles. The summed E-state index contributed by atoms with van der Waals surface area (Å²) in [6.45, 7) is 1.89. The molecule has 2 N–H and O–H groups in total. The molecule has 0 saturated carbocycles. The molecule has 2 rings (SSSR count). The molecule has 1 aliphatic rings. The van der Waals surface area contributed by atoms with Crippen molar-refractivity contribution in [1.29, 1.82) is 0 Å². The molecule has 5 nitrogen and oxygen atoms in total. The van der Waals surface area contributed by atoms with Crippen molar-refractivity contribution >= 4 is 11.9 Å². The number of halogens is 1. The molecule has 0 aliphatic carbocycles. The van der Waals surface area contributed by atoms with Gasteiger partial charge in [-0.1, -0.05) is 12.1 Å². The van der Waals surface area contributed by atoms with Gasteiger partial charge in [-0.15, -0.1) is 0 Å². The van der Waals surface area contributed by atoms with E-state index in [0.29, 0.717) is 12.0 Å². The van der Waals surface area contributed by atoms with Crippen LogP contribution in [0.25, 0.3) is 0 Å². The van der Waals surface area contributed by atoms with Crippen LogP contribution in [0.1, 0.15) is 37.8 Å². The molecule has 114 valence electrons. The number of benzene rings is 1. The normalized spacial score (nSPS) is 22.8. The zero-order valence-corrected chi connectivity index (χ0v) is 11.7. The van der Waals surface area contributed by atoms with Gasteiger partial charge in [0.1, 0.15) is 11.9 Å². The highest BCUT2D eigenvalue weighted by Crippen LogP contribution is 2.22. The highest BCUT2D eigenvalue weighted by molar-refractivity contribution is 5.82. The second-order valence-electron chi connectivity index (χ2n) is 5.22. The molecule has 1 aromatic rings. The molecular formula is C15H18FNO4. The van der Waals surface area contributed by atoms with Gasteiger partial charge < -0.3 is 15.2 Å². The maximum absolute atomic E-state index is 12.9. The molecule has 3 atom stereocenters. The van der Waals surface area contributed by atoms with E-state index in [1.807, 2.05) is 6.92 Å². The average molecular weight is 295 g/mol. The van der Waals surface area contributed by atoms with Crippen molar-refractivity contribution in [3.8, 4) is 0 Å². The van der Waals surface area contributed by atoms with Crippen molar-refractivity contribution in [1.82, 2.24) is 5.32 Å². The largest absolute Gasteiger partial charge is 0.481 e. The van der Waals surface area contributed by atoms with Crippen molar-refractivity contribution in [2.45, 2.75) is 44.4 Å². The lowest BCUT2D eigenvalue weighted by molar-refractivity contribution is -0.138. The van der Waals surface area contributed by atoms with E-state index in [9.17, 15) is 14.0 Å². The number of hydrogen-bond donors (Lipinski definition) is 2. The van der Waals surface area contributed by atoms with Crippen LogP contribution in [0.5, 0.6) is 0 Å². The fourth-order valence-electron chi connectivity index (χ4n) is 2.38. The fraction of sp³-hybridized carbons (Fsp3) is 0.467. The number of nitrogens with one attached hydrogen (secondary N) is 1. The summed E-state index contributed by atoms with van der Waals surface area (Å²) in [6.07, 6.45) is 0.648. The van der Waals surface area contributed by atoms with E-state index in [1.165, 1.54) is 24.3 Å². The molecular weight excluding hydrogens is 277 g/mol. The average Bonchev–Trinajstić information content (AvgIpc) is 2.85. The second kappa shape index (κ2) is 6.67. The smallest absolute Gasteiger partial charge is 0.305 e. The van der Waals surface area contributed by atoms with Crippen LogP contribution in [-0.4, -0.2) is 29.2 Å². The predicted molar refractivity (Wildman–Crippen MR) is 73.1 cm³/mol. The molecule has 21 heavy (non-hydrogen) atoms. The Labute approximate surface area is 122 Å². The number of hydrogen-bond acceptors (Lipinski definition) is 3. The summed E-state index contributed by atoms with van der Waals surface area (Å²) in [6, 6.07) is 4.73. The van der Waals surface area contributed by atoms with Gasteiger partial charge in [-0.25, -0.2) is 4.39 Å². The maximum Gasteiger partial charge on any atom is 0.305 e. The van der Waals surface area contributed by atoms with E-state index in [1.54, 1.807) is 0 Å². The molecule has 0 bridgehead atoms. The summed E-state index contributed by atoms with van der Waals surface area (Å²) in [7, 11) is 0. The molecule has 1 heterocycles. The van der Waals surface area contributed by atoms with Crippen LogP contribution in [0.3, 0.4) is 0 Å². The van der Waals surface area contributed by atoms with E-state index in [-0.39, 0.29) is 18.4 Å². The lowest BCUT2D eigenvalue weighted by atomic mass is 10.0. The van der Waals surface area contributed by atoms with Crippen molar-refractivity contribution in [3.63, 3.8) is 0 Å². The third-order valence-electron chi connectivity index (χ3n) is 3.49. The van der Waals surface area contributed by atoms with Crippen molar-refractivity contribution < 1.29 is 23.8 Å². The van der Waals surface area contributed by atoms with Gasteiger partial charge in [0, 0.05) is 0 Å². The van der Waals surface area contributed by atoms with Gasteiger partial charge in [0.25, 0.3) is 0 Å². The Balaban J connectivity index is 2.07. The van der Waals surface area contributed by atoms with Gasteiger partial charge in [0.05, 0.1) is 18.6 Å². The van der Waals surface area contributed by atoms with Crippen LogP contribution in [0.2, 0.25) is 0 Å². The van der Waals surface area contributed by atoms with Crippen molar-refractivity contribution in [2.75, 3.05) is 0 Å². The molecule has 0 spiro atoms. The van der Waals surface area contributed by atoms with Crippen molar-refractivity contribution in [3.05, 3.63) is 35.6 Å². The van der Waals surface area contributed by atoms with Gasteiger partial charge >= 0.3 is 5.97 Å². The number of carbonyl (C=O) groups excluding carboxylic acids is 1. The first kappa shape index (κ1) is 15.4. The number of ether oxygens (including phenoxy) is 1. The summed E-state index contributed by atoms with van der Waals surface area (Å²) < 4.78 is 18.4. The lowest BCUT2D eigenvalue weighted by Crippen LogP contribution is -2.38. The molecule has 6 heteroatoms. The topological polar surface area (TPSA) is 75.6 Å². The van der Waals surface area contributed by atoms with Gasteiger partial charge in [-0.2, -0.15) is 0 Å². The first-order chi connectivity index (χ1) is 9.95. The first-order valence-corrected chi connectivity index (χ1v) is 6.89. The van der Waals surface area contributed by atoms with Crippen LogP contribution in [-0.2, 0) is 14.3 Å². The highest BCUT2D eigenvalue weighted by Gasteiger charge is 2.30. The summed E-state index contributed by atoms with van der Waals surface area (Å²) in [5, 5.41) is 11.6. The molecule has 1 amide bonds. The Morgan fingerprint density at radius 1 is 1.38 bits per heavy atom. The van der Waals surface area contributed by atoms with Gasteiger partial charge in [0.15, 0.2) is 0 Å². The Bertz CT molecular complexity index is 517. The second-order valence-corrected chi connectivity index (χ2v) is 5.22. The Kier molecular flexibility index (Phi) is 4.90. The maximum atomic E-state index is 12.9. The predicted octanol–water partition coefficient (Wildman–Crippen LogP) is 2.03. The fourth-order valence-corrected chi connectivity index (χ4v) is 2.38. The van der Waals surface area contributed by atoms with E-state index >= 15 is 0 Å². The van der Waals surface area contributed by atoms with Gasteiger partial charge in [-0.05, 0) is 37.5 Å². The number of carboxylic acids is 1. The van der Waals surface area contributed by atoms with Gasteiger partial charge in [-0.3, -0.25) is 9.59 Å². The summed E-state index contributed by atoms with van der Waals surface area (Å²) in [4.78, 5) is 23.1. The van der Waals surface area contributed by atoms with Crippen LogP contribution >= 0.6 is 0 Å². The van der Waals surface area contributed by atoms with Crippen LogP contribution in [0.15, 0.2) is 24.3 Å². The molecule has 0 radical (unpaired) electrons. The standard InChI is InChI=1S/C15H18FNO4/c1-9-2-7-13(21-9)15(20)17-12(8-14(18)19)10-3-5-11(16)6-4-10/h3-6,9,12-13H,2,7-8H2,1H3,(H,17,20)(H,18,19). The SMILES string of the molecule is CC1CCC(C(=O)NC(CC(=O)O)c2ccc(F)cc2)O1.